The molecule has 2 heteroatoms. The highest BCUT2D eigenvalue weighted by Crippen LogP contribution is 2.48. The molecule has 0 radical (unpaired) electrons. The van der Waals surface area contributed by atoms with Gasteiger partial charge in [-0.15, -0.1) is 0 Å². The number of hydrogen-bond acceptors (Lipinski definition) is 2. The number of fused-ring (bicyclic) bond motifs is 10. The number of rotatable bonds is 0. The highest BCUT2D eigenvalue weighted by Gasteiger charge is 2.24. The maximum Gasteiger partial charge on any atom is 0.194 e. The van der Waals surface area contributed by atoms with E-state index in [0.29, 0.717) is 10.8 Å². The maximum absolute atomic E-state index is 14.1. The minimum atomic E-state index is 0.0519. The molecule has 0 aliphatic rings. The van der Waals surface area contributed by atoms with Crippen LogP contribution in [0.5, 0.6) is 0 Å². The molecular formula is C36H18O2. The first-order valence-corrected chi connectivity index (χ1v) is 12.9. The van der Waals surface area contributed by atoms with Crippen LogP contribution >= 0.6 is 0 Å². The first-order valence-electron chi connectivity index (χ1n) is 12.9. The Labute approximate surface area is 215 Å². The Morgan fingerprint density at radius 2 is 0.579 bits per heavy atom. The highest BCUT2D eigenvalue weighted by atomic mass is 16.1. The average Bonchev–Trinajstić information content (AvgIpc) is 2.97. The third-order valence-electron chi connectivity index (χ3n) is 8.47. The number of benzene rings is 9. The largest absolute Gasteiger partial charge is 0.289 e. The summed E-state index contributed by atoms with van der Waals surface area (Å²) in [5.74, 6) is 0. The van der Waals surface area contributed by atoms with Crippen molar-refractivity contribution in [3.05, 3.63) is 130 Å². The second-order valence-corrected chi connectivity index (χ2v) is 10.3. The third-order valence-corrected chi connectivity index (χ3v) is 8.47. The topological polar surface area (TPSA) is 34.1 Å². The molecule has 0 aliphatic heterocycles. The van der Waals surface area contributed by atoms with Crippen LogP contribution in [0.3, 0.4) is 0 Å². The fraction of sp³-hybridized carbons (Fsp3) is 0. The molecule has 0 aromatic heterocycles. The van der Waals surface area contributed by atoms with Crippen LogP contribution in [0.15, 0.2) is 119 Å². The minimum absolute atomic E-state index is 0.0519. The Hall–Kier alpha value is -5.08. The van der Waals surface area contributed by atoms with Gasteiger partial charge in [0.15, 0.2) is 10.9 Å². The lowest BCUT2D eigenvalue weighted by molar-refractivity contribution is 1.73. The zero-order valence-electron chi connectivity index (χ0n) is 20.2. The molecule has 9 rings (SSSR count). The molecular weight excluding hydrogens is 464 g/mol. The van der Waals surface area contributed by atoms with Crippen molar-refractivity contribution in [2.24, 2.45) is 0 Å². The van der Waals surface area contributed by atoms with Gasteiger partial charge in [-0.25, -0.2) is 0 Å². The lowest BCUT2D eigenvalue weighted by Gasteiger charge is -2.20. The van der Waals surface area contributed by atoms with Crippen molar-refractivity contribution in [2.75, 3.05) is 0 Å². The van der Waals surface area contributed by atoms with Crippen LogP contribution in [0, 0.1) is 0 Å². The molecule has 0 atom stereocenters. The molecule has 9 aromatic rings. The van der Waals surface area contributed by atoms with E-state index in [0.717, 1.165) is 75.4 Å². The molecule has 0 saturated heterocycles. The van der Waals surface area contributed by atoms with Gasteiger partial charge in [0.25, 0.3) is 0 Å². The molecule has 0 unspecified atom stereocenters. The van der Waals surface area contributed by atoms with E-state index < -0.39 is 0 Å². The maximum atomic E-state index is 14.1. The highest BCUT2D eigenvalue weighted by molar-refractivity contribution is 6.48. The van der Waals surface area contributed by atoms with Gasteiger partial charge in [0.2, 0.25) is 0 Å². The molecule has 0 amide bonds. The lowest BCUT2D eigenvalue weighted by Crippen LogP contribution is -2.07. The minimum Gasteiger partial charge on any atom is -0.289 e. The molecule has 38 heavy (non-hydrogen) atoms. The Morgan fingerprint density at radius 1 is 0.289 bits per heavy atom. The van der Waals surface area contributed by atoms with Gasteiger partial charge in [-0.1, -0.05) is 97.1 Å². The predicted molar refractivity (Wildman–Crippen MR) is 161 cm³/mol. The van der Waals surface area contributed by atoms with E-state index in [9.17, 15) is 9.59 Å². The van der Waals surface area contributed by atoms with Crippen molar-refractivity contribution in [3.8, 4) is 0 Å². The van der Waals surface area contributed by atoms with Crippen LogP contribution in [-0.2, 0) is 0 Å². The quantitative estimate of drug-likeness (QED) is 0.160. The summed E-state index contributed by atoms with van der Waals surface area (Å²) in [5, 5.41) is 15.2. The Balaban J connectivity index is 1.86. The van der Waals surface area contributed by atoms with E-state index in [1.807, 2.05) is 48.5 Å². The molecule has 2 nitrogen and oxygen atoms in total. The second kappa shape index (κ2) is 6.81. The van der Waals surface area contributed by atoms with Gasteiger partial charge in [-0.2, -0.15) is 0 Å². The Kier molecular flexibility index (Phi) is 3.59. The van der Waals surface area contributed by atoms with Gasteiger partial charge in [0.1, 0.15) is 0 Å². The Bertz CT molecular complexity index is 2390. The third kappa shape index (κ3) is 2.25. The monoisotopic (exact) mass is 482 g/mol. The van der Waals surface area contributed by atoms with E-state index >= 15 is 0 Å². The van der Waals surface area contributed by atoms with E-state index in [1.165, 1.54) is 0 Å². The van der Waals surface area contributed by atoms with Gasteiger partial charge in [0, 0.05) is 32.3 Å². The zero-order valence-corrected chi connectivity index (χ0v) is 20.2. The summed E-state index contributed by atoms with van der Waals surface area (Å²) in [5.41, 5.74) is 0.104. The van der Waals surface area contributed by atoms with Gasteiger partial charge >= 0.3 is 0 Å². The van der Waals surface area contributed by atoms with Crippen molar-refractivity contribution < 1.29 is 0 Å². The summed E-state index contributed by atoms with van der Waals surface area (Å²) in [6.45, 7) is 0. The molecule has 0 spiro atoms. The van der Waals surface area contributed by atoms with Crippen LogP contribution < -0.4 is 10.9 Å². The summed E-state index contributed by atoms with van der Waals surface area (Å²) in [6, 6.07) is 36.6. The number of hydrogen-bond donors (Lipinski definition) is 0. The van der Waals surface area contributed by atoms with E-state index in [2.05, 4.69) is 60.7 Å². The second-order valence-electron chi connectivity index (χ2n) is 10.3. The normalized spacial score (nSPS) is 12.4. The van der Waals surface area contributed by atoms with E-state index in [1.54, 1.807) is 0 Å². The molecule has 0 saturated carbocycles. The van der Waals surface area contributed by atoms with Crippen molar-refractivity contribution in [2.45, 2.75) is 0 Å². The lowest BCUT2D eigenvalue weighted by atomic mass is 9.81. The SMILES string of the molecule is O=c1c2ccccc2c2c3c1cc1ccccc1c3c1c3ccccc3c(=O)c3cc4ccccc4c2c31. The first-order chi connectivity index (χ1) is 18.7. The summed E-state index contributed by atoms with van der Waals surface area (Å²) >= 11 is 0. The zero-order chi connectivity index (χ0) is 25.1. The standard InChI is InChI=1S/C36H18O2/c37-35-25-15-7-6-14-24(25)32-30-22-12-4-2-10-20(22)18-28-34(30)31(23-13-5-8-16-26(23)36(28)38)29-21-11-3-1-9-19(21)17-27(35)33(29)32/h1-18H. The van der Waals surface area contributed by atoms with E-state index in [-0.39, 0.29) is 10.9 Å². The summed E-state index contributed by atoms with van der Waals surface area (Å²) in [6.07, 6.45) is 0. The van der Waals surface area contributed by atoms with Crippen molar-refractivity contribution in [1.82, 2.24) is 0 Å². The van der Waals surface area contributed by atoms with Crippen LogP contribution in [0.4, 0.5) is 0 Å². The molecule has 0 fully saturated rings. The van der Waals surface area contributed by atoms with Gasteiger partial charge < -0.3 is 0 Å². The van der Waals surface area contributed by atoms with Gasteiger partial charge in [-0.3, -0.25) is 9.59 Å². The first kappa shape index (κ1) is 20.0. The van der Waals surface area contributed by atoms with Crippen LogP contribution in [0.1, 0.15) is 0 Å². The van der Waals surface area contributed by atoms with Gasteiger partial charge in [-0.05, 0) is 66.0 Å². The van der Waals surface area contributed by atoms with Crippen molar-refractivity contribution in [1.29, 1.82) is 0 Å². The van der Waals surface area contributed by atoms with Crippen LogP contribution in [0.25, 0.3) is 86.2 Å². The van der Waals surface area contributed by atoms with Crippen LogP contribution in [0.2, 0.25) is 0 Å². The summed E-state index contributed by atoms with van der Waals surface area (Å²) < 4.78 is 0. The van der Waals surface area contributed by atoms with E-state index in [4.69, 9.17) is 0 Å². The molecule has 0 aliphatic carbocycles. The van der Waals surface area contributed by atoms with Crippen LogP contribution in [-0.4, -0.2) is 0 Å². The molecule has 9 aromatic carbocycles. The summed E-state index contributed by atoms with van der Waals surface area (Å²) in [4.78, 5) is 28.1. The van der Waals surface area contributed by atoms with Crippen molar-refractivity contribution in [3.63, 3.8) is 0 Å². The Morgan fingerprint density at radius 3 is 1.00 bits per heavy atom. The molecule has 0 heterocycles. The fourth-order valence-electron chi connectivity index (χ4n) is 6.97. The van der Waals surface area contributed by atoms with Crippen molar-refractivity contribution >= 4 is 86.2 Å². The summed E-state index contributed by atoms with van der Waals surface area (Å²) in [7, 11) is 0. The molecule has 174 valence electrons. The molecule has 0 N–H and O–H groups in total. The fourth-order valence-corrected chi connectivity index (χ4v) is 6.97. The molecule has 0 bridgehead atoms. The van der Waals surface area contributed by atoms with Gasteiger partial charge in [0.05, 0.1) is 0 Å². The smallest absolute Gasteiger partial charge is 0.194 e. The average molecular weight is 483 g/mol. The predicted octanol–water partition coefficient (Wildman–Crippen LogP) is 8.51.